The molecule has 0 aromatic rings. The van der Waals surface area contributed by atoms with E-state index in [0.717, 1.165) is 24.0 Å². The van der Waals surface area contributed by atoms with Gasteiger partial charge in [0, 0.05) is 17.6 Å². The van der Waals surface area contributed by atoms with E-state index in [0.29, 0.717) is 6.54 Å². The summed E-state index contributed by atoms with van der Waals surface area (Å²) in [7, 11) is 0. The summed E-state index contributed by atoms with van der Waals surface area (Å²) in [5.74, 6) is -0.0702. The first-order valence-corrected chi connectivity index (χ1v) is 7.06. The van der Waals surface area contributed by atoms with Crippen molar-refractivity contribution in [1.29, 1.82) is 0 Å². The van der Waals surface area contributed by atoms with Crippen LogP contribution in [0.15, 0.2) is 16.1 Å². The summed E-state index contributed by atoms with van der Waals surface area (Å²) in [6, 6.07) is 0. The molecule has 0 spiro atoms. The molecule has 0 aromatic heterocycles. The van der Waals surface area contributed by atoms with Gasteiger partial charge in [-0.2, -0.15) is 0 Å². The maximum absolute atomic E-state index is 11.8. The van der Waals surface area contributed by atoms with Crippen molar-refractivity contribution in [2.24, 2.45) is 4.99 Å². The normalized spacial score (nSPS) is 19.7. The predicted octanol–water partition coefficient (Wildman–Crippen LogP) is 1.18. The summed E-state index contributed by atoms with van der Waals surface area (Å²) < 4.78 is 5.44. The van der Waals surface area contributed by atoms with Crippen LogP contribution in [0.3, 0.4) is 0 Å². The zero-order chi connectivity index (χ0) is 13.1. The van der Waals surface area contributed by atoms with Gasteiger partial charge in [-0.3, -0.25) is 9.79 Å². The standard InChI is InChI=1S/C12H19N3O2S/c1-8(2)17-9(3)11(16)14-6-10-7-18-12-13-4-5-15(10)12/h7-9H,4-6H2,1-3H3,(H,14,16). The number of hydrogen-bond acceptors (Lipinski definition) is 5. The van der Waals surface area contributed by atoms with Crippen molar-refractivity contribution in [2.45, 2.75) is 33.0 Å². The second-order valence-corrected chi connectivity index (χ2v) is 5.42. The molecule has 2 heterocycles. The molecule has 1 unspecified atom stereocenters. The Labute approximate surface area is 112 Å². The number of nitrogens with zero attached hydrogens (tertiary/aromatic N) is 2. The van der Waals surface area contributed by atoms with Gasteiger partial charge >= 0.3 is 0 Å². The lowest BCUT2D eigenvalue weighted by Crippen LogP contribution is -2.39. The number of nitrogens with one attached hydrogen (secondary N) is 1. The zero-order valence-electron chi connectivity index (χ0n) is 11.0. The Hall–Kier alpha value is -1.01. The molecule has 0 fully saturated rings. The van der Waals surface area contributed by atoms with Gasteiger partial charge in [0.2, 0.25) is 5.91 Å². The van der Waals surface area contributed by atoms with Gasteiger partial charge in [0.25, 0.3) is 0 Å². The Morgan fingerprint density at radius 1 is 1.61 bits per heavy atom. The Morgan fingerprint density at radius 3 is 3.11 bits per heavy atom. The SMILES string of the molecule is CC(C)OC(C)C(=O)NCC1=CSC2=NCCN12. The molecule has 0 saturated carbocycles. The van der Waals surface area contributed by atoms with E-state index in [-0.39, 0.29) is 12.0 Å². The maximum Gasteiger partial charge on any atom is 0.249 e. The highest BCUT2D eigenvalue weighted by Crippen LogP contribution is 2.28. The van der Waals surface area contributed by atoms with E-state index < -0.39 is 6.10 Å². The fourth-order valence-electron chi connectivity index (χ4n) is 1.91. The number of ether oxygens (including phenoxy) is 1. The number of carbonyl (C=O) groups is 1. The number of fused-ring (bicyclic) bond motifs is 1. The second-order valence-electron chi connectivity index (χ2n) is 4.59. The number of carbonyl (C=O) groups excluding carboxylic acids is 1. The number of amides is 1. The smallest absolute Gasteiger partial charge is 0.249 e. The van der Waals surface area contributed by atoms with Crippen LogP contribution in [-0.2, 0) is 9.53 Å². The molecular weight excluding hydrogens is 250 g/mol. The third-order valence-electron chi connectivity index (χ3n) is 2.74. The molecule has 0 aromatic carbocycles. The first-order valence-electron chi connectivity index (χ1n) is 6.19. The molecule has 2 aliphatic rings. The Kier molecular flexibility index (Phi) is 4.29. The Balaban J connectivity index is 1.78. The summed E-state index contributed by atoms with van der Waals surface area (Å²) in [4.78, 5) is 18.3. The van der Waals surface area contributed by atoms with Gasteiger partial charge in [0.1, 0.15) is 6.10 Å². The molecule has 6 heteroatoms. The third kappa shape index (κ3) is 3.05. The first kappa shape index (κ1) is 13.4. The van der Waals surface area contributed by atoms with Crippen molar-refractivity contribution < 1.29 is 9.53 Å². The molecule has 100 valence electrons. The van der Waals surface area contributed by atoms with Gasteiger partial charge in [-0.15, -0.1) is 0 Å². The van der Waals surface area contributed by atoms with Crippen LogP contribution in [0, 0.1) is 0 Å². The lowest BCUT2D eigenvalue weighted by Gasteiger charge is -2.19. The molecule has 1 N–H and O–H groups in total. The molecular formula is C12H19N3O2S. The van der Waals surface area contributed by atoms with E-state index in [2.05, 4.69) is 15.2 Å². The second kappa shape index (κ2) is 5.75. The largest absolute Gasteiger partial charge is 0.366 e. The molecule has 18 heavy (non-hydrogen) atoms. The van der Waals surface area contributed by atoms with Crippen LogP contribution in [0.4, 0.5) is 0 Å². The van der Waals surface area contributed by atoms with Crippen molar-refractivity contribution in [3.63, 3.8) is 0 Å². The zero-order valence-corrected chi connectivity index (χ0v) is 11.8. The van der Waals surface area contributed by atoms with E-state index >= 15 is 0 Å². The molecule has 5 nitrogen and oxygen atoms in total. The van der Waals surface area contributed by atoms with Crippen molar-refractivity contribution in [3.05, 3.63) is 11.1 Å². The molecule has 2 aliphatic heterocycles. The Bertz CT molecular complexity index is 393. The van der Waals surface area contributed by atoms with Gasteiger partial charge in [-0.1, -0.05) is 11.8 Å². The highest BCUT2D eigenvalue weighted by Gasteiger charge is 2.26. The molecule has 0 saturated heterocycles. The fourth-order valence-corrected chi connectivity index (χ4v) is 2.86. The minimum atomic E-state index is -0.411. The molecule has 1 amide bonds. The average Bonchev–Trinajstić information content (AvgIpc) is 2.87. The van der Waals surface area contributed by atoms with Gasteiger partial charge in [0.05, 0.1) is 19.2 Å². The lowest BCUT2D eigenvalue weighted by atomic mass is 10.3. The molecule has 1 atom stereocenters. The minimum absolute atomic E-state index is 0.0596. The lowest BCUT2D eigenvalue weighted by molar-refractivity contribution is -0.134. The number of amidine groups is 1. The van der Waals surface area contributed by atoms with Crippen molar-refractivity contribution in [3.8, 4) is 0 Å². The number of rotatable bonds is 5. The van der Waals surface area contributed by atoms with Crippen LogP contribution < -0.4 is 5.32 Å². The van der Waals surface area contributed by atoms with Gasteiger partial charge < -0.3 is 15.0 Å². The van der Waals surface area contributed by atoms with Crippen LogP contribution in [0.5, 0.6) is 0 Å². The van der Waals surface area contributed by atoms with Crippen LogP contribution >= 0.6 is 11.8 Å². The van der Waals surface area contributed by atoms with E-state index in [9.17, 15) is 4.79 Å². The van der Waals surface area contributed by atoms with Crippen LogP contribution in [0.1, 0.15) is 20.8 Å². The first-order chi connectivity index (χ1) is 8.58. The summed E-state index contributed by atoms with van der Waals surface area (Å²) in [6.45, 7) is 7.93. The highest BCUT2D eigenvalue weighted by atomic mass is 32.2. The van der Waals surface area contributed by atoms with E-state index in [4.69, 9.17) is 4.74 Å². The average molecular weight is 269 g/mol. The van der Waals surface area contributed by atoms with Gasteiger partial charge in [0.15, 0.2) is 5.17 Å². The van der Waals surface area contributed by atoms with Crippen LogP contribution in [0.2, 0.25) is 0 Å². The predicted molar refractivity (Wildman–Crippen MR) is 73.4 cm³/mol. The highest BCUT2D eigenvalue weighted by molar-refractivity contribution is 8.16. The number of thioether (sulfide) groups is 1. The van der Waals surface area contributed by atoms with E-state index in [1.165, 1.54) is 0 Å². The van der Waals surface area contributed by atoms with Gasteiger partial charge in [-0.05, 0) is 20.8 Å². The molecule has 0 radical (unpaired) electrons. The summed E-state index contributed by atoms with van der Waals surface area (Å²) >= 11 is 1.62. The molecule has 2 rings (SSSR count). The Morgan fingerprint density at radius 2 is 2.39 bits per heavy atom. The van der Waals surface area contributed by atoms with Gasteiger partial charge in [-0.25, -0.2) is 0 Å². The number of hydrogen-bond donors (Lipinski definition) is 1. The van der Waals surface area contributed by atoms with E-state index in [1.807, 2.05) is 19.3 Å². The summed E-state index contributed by atoms with van der Waals surface area (Å²) in [6.07, 6.45) is -0.351. The van der Waals surface area contributed by atoms with Crippen molar-refractivity contribution >= 4 is 22.8 Å². The van der Waals surface area contributed by atoms with E-state index in [1.54, 1.807) is 18.7 Å². The molecule has 0 bridgehead atoms. The van der Waals surface area contributed by atoms with Crippen LogP contribution in [0.25, 0.3) is 0 Å². The van der Waals surface area contributed by atoms with Crippen LogP contribution in [-0.4, -0.2) is 47.8 Å². The quantitative estimate of drug-likeness (QED) is 0.814. The van der Waals surface area contributed by atoms with Crippen molar-refractivity contribution in [2.75, 3.05) is 19.6 Å². The summed E-state index contributed by atoms with van der Waals surface area (Å²) in [5.41, 5.74) is 1.11. The number of aliphatic imine (C=N–C) groups is 1. The monoisotopic (exact) mass is 269 g/mol. The fraction of sp³-hybridized carbons (Fsp3) is 0.667. The minimum Gasteiger partial charge on any atom is -0.366 e. The third-order valence-corrected chi connectivity index (χ3v) is 3.69. The topological polar surface area (TPSA) is 53.9 Å². The summed E-state index contributed by atoms with van der Waals surface area (Å²) in [5, 5.41) is 5.99. The van der Waals surface area contributed by atoms with Crippen molar-refractivity contribution in [1.82, 2.24) is 10.2 Å². The maximum atomic E-state index is 11.8. The molecule has 0 aliphatic carbocycles.